The second-order valence-electron chi connectivity index (χ2n) is 6.18. The highest BCUT2D eigenvalue weighted by Crippen LogP contribution is 2.32. The van der Waals surface area contributed by atoms with Crippen molar-refractivity contribution >= 4 is 56.8 Å². The smallest absolute Gasteiger partial charge is 0.260 e. The molecule has 0 aliphatic heterocycles. The second kappa shape index (κ2) is 10.8. The van der Waals surface area contributed by atoms with Crippen LogP contribution in [0.15, 0.2) is 53.4 Å². The summed E-state index contributed by atoms with van der Waals surface area (Å²) in [5.74, 6) is 0.00639. The van der Waals surface area contributed by atoms with Gasteiger partial charge in [-0.3, -0.25) is 9.69 Å². The maximum Gasteiger partial charge on any atom is 0.260 e. The quantitative estimate of drug-likeness (QED) is 0.442. The molecule has 0 N–H and O–H groups in total. The van der Waals surface area contributed by atoms with Gasteiger partial charge in [0.05, 0.1) is 10.2 Å². The fourth-order valence-electron chi connectivity index (χ4n) is 2.94. The molecule has 3 rings (SSSR count). The van der Waals surface area contributed by atoms with Crippen molar-refractivity contribution < 1.29 is 4.79 Å². The van der Waals surface area contributed by atoms with Crippen molar-refractivity contribution in [2.45, 2.75) is 18.7 Å². The minimum absolute atomic E-state index is 0. The molecule has 2 aromatic carbocycles. The lowest BCUT2D eigenvalue weighted by atomic mass is 10.2. The van der Waals surface area contributed by atoms with Crippen molar-refractivity contribution in [3.05, 3.63) is 54.1 Å². The van der Waals surface area contributed by atoms with E-state index in [2.05, 4.69) is 37.1 Å². The van der Waals surface area contributed by atoms with Gasteiger partial charge in [-0.15, -0.1) is 24.2 Å². The molecule has 0 aliphatic carbocycles. The number of carbonyl (C=O) groups excluding carboxylic acids is 1. The van der Waals surface area contributed by atoms with Crippen LogP contribution in [0.2, 0.25) is 0 Å². The summed E-state index contributed by atoms with van der Waals surface area (Å²) in [5.41, 5.74) is 1.64. The van der Waals surface area contributed by atoms with Crippen LogP contribution in [-0.4, -0.2) is 48.2 Å². The van der Waals surface area contributed by atoms with E-state index in [9.17, 15) is 4.79 Å². The van der Waals surface area contributed by atoms with E-state index in [1.54, 1.807) is 23.1 Å². The zero-order valence-electron chi connectivity index (χ0n) is 16.4. The lowest BCUT2D eigenvalue weighted by Crippen LogP contribution is -2.38. The highest BCUT2D eigenvalue weighted by atomic mass is 35.5. The highest BCUT2D eigenvalue weighted by molar-refractivity contribution is 7.98. The Morgan fingerprint density at radius 2 is 1.79 bits per heavy atom. The Morgan fingerprint density at radius 3 is 2.43 bits per heavy atom. The Balaban J connectivity index is 0.00000280. The first-order valence-electron chi connectivity index (χ1n) is 9.20. The molecule has 0 atom stereocenters. The predicted molar refractivity (Wildman–Crippen MR) is 125 cm³/mol. The second-order valence-corrected chi connectivity index (χ2v) is 8.07. The number of hydrogen-bond acceptors (Lipinski definition) is 5. The van der Waals surface area contributed by atoms with Gasteiger partial charge in [-0.25, -0.2) is 4.98 Å². The molecule has 1 aromatic heterocycles. The first-order valence-corrected chi connectivity index (χ1v) is 11.2. The Morgan fingerprint density at radius 1 is 1.07 bits per heavy atom. The molecule has 28 heavy (non-hydrogen) atoms. The number of likely N-dealkylation sites (N-methyl/N-ethyl adjacent to an activating group) is 1. The van der Waals surface area contributed by atoms with Crippen LogP contribution in [0.4, 0.5) is 5.13 Å². The first kappa shape index (κ1) is 22.7. The van der Waals surface area contributed by atoms with Crippen LogP contribution in [0.5, 0.6) is 0 Å². The van der Waals surface area contributed by atoms with Gasteiger partial charge >= 0.3 is 0 Å². The van der Waals surface area contributed by atoms with Crippen LogP contribution in [0.1, 0.15) is 24.2 Å². The van der Waals surface area contributed by atoms with Gasteiger partial charge in [0, 0.05) is 23.5 Å². The number of aromatic nitrogens is 1. The first-order chi connectivity index (χ1) is 13.2. The van der Waals surface area contributed by atoms with E-state index in [1.165, 1.54) is 4.90 Å². The lowest BCUT2D eigenvalue weighted by molar-refractivity contribution is 0.0984. The van der Waals surface area contributed by atoms with Crippen molar-refractivity contribution in [3.8, 4) is 0 Å². The third-order valence-electron chi connectivity index (χ3n) is 4.62. The van der Waals surface area contributed by atoms with Crippen LogP contribution in [0.25, 0.3) is 10.2 Å². The summed E-state index contributed by atoms with van der Waals surface area (Å²) < 4.78 is 1.12. The highest BCUT2D eigenvalue weighted by Gasteiger charge is 2.21. The summed E-state index contributed by atoms with van der Waals surface area (Å²) in [5, 5.41) is 0.768. The molecule has 0 bridgehead atoms. The molecule has 0 aliphatic rings. The minimum Gasteiger partial charge on any atom is -0.302 e. The molecule has 0 unspecified atom stereocenters. The number of hydrogen-bond donors (Lipinski definition) is 0. The number of nitrogens with zero attached hydrogens (tertiary/aromatic N) is 3. The van der Waals surface area contributed by atoms with Crippen LogP contribution in [0.3, 0.4) is 0 Å². The number of halogens is 1. The van der Waals surface area contributed by atoms with Crippen LogP contribution < -0.4 is 4.90 Å². The van der Waals surface area contributed by atoms with Crippen molar-refractivity contribution in [2.75, 3.05) is 37.3 Å². The van der Waals surface area contributed by atoms with Crippen LogP contribution in [0, 0.1) is 0 Å². The number of anilines is 1. The van der Waals surface area contributed by atoms with Crippen molar-refractivity contribution in [1.82, 2.24) is 9.88 Å². The van der Waals surface area contributed by atoms with E-state index < -0.39 is 0 Å². The maximum absolute atomic E-state index is 13.2. The fraction of sp³-hybridized carbons (Fsp3) is 0.333. The standard InChI is InChI=1S/C21H25N3OS2.ClH/c1-4-23(5-2)13-14-24(20(25)16-9-7-6-8-10-16)21-22-18-12-11-17(26-3)15-19(18)27-21;/h6-12,15H,4-5,13-14H2,1-3H3;1H. The zero-order valence-corrected chi connectivity index (χ0v) is 18.9. The third kappa shape index (κ3) is 5.26. The summed E-state index contributed by atoms with van der Waals surface area (Å²) in [4.78, 5) is 23.3. The van der Waals surface area contributed by atoms with E-state index in [-0.39, 0.29) is 18.3 Å². The Labute approximate surface area is 181 Å². The molecule has 1 amide bonds. The number of amides is 1. The molecule has 0 spiro atoms. The van der Waals surface area contributed by atoms with E-state index in [0.717, 1.165) is 35.0 Å². The van der Waals surface area contributed by atoms with Gasteiger partial charge in [-0.2, -0.15) is 0 Å². The van der Waals surface area contributed by atoms with Crippen LogP contribution >= 0.6 is 35.5 Å². The number of rotatable bonds is 8. The maximum atomic E-state index is 13.2. The van der Waals surface area contributed by atoms with Crippen LogP contribution in [-0.2, 0) is 0 Å². The largest absolute Gasteiger partial charge is 0.302 e. The van der Waals surface area contributed by atoms with Gasteiger partial charge in [0.1, 0.15) is 0 Å². The van der Waals surface area contributed by atoms with Crippen molar-refractivity contribution in [2.24, 2.45) is 0 Å². The Kier molecular flexibility index (Phi) is 8.76. The number of carbonyl (C=O) groups is 1. The molecule has 0 saturated heterocycles. The molecule has 3 aromatic rings. The van der Waals surface area contributed by atoms with Gasteiger partial charge < -0.3 is 4.90 Å². The molecular formula is C21H26ClN3OS2. The molecular weight excluding hydrogens is 410 g/mol. The molecule has 7 heteroatoms. The van der Waals surface area contributed by atoms with Gasteiger partial charge in [0.15, 0.2) is 5.13 Å². The minimum atomic E-state index is 0. The predicted octanol–water partition coefficient (Wildman–Crippen LogP) is 5.43. The Hall–Kier alpha value is -1.60. The number of fused-ring (bicyclic) bond motifs is 1. The summed E-state index contributed by atoms with van der Waals surface area (Å²) in [6.45, 7) is 7.70. The van der Waals surface area contributed by atoms with E-state index >= 15 is 0 Å². The monoisotopic (exact) mass is 435 g/mol. The summed E-state index contributed by atoms with van der Waals surface area (Å²) in [6, 6.07) is 15.7. The van der Waals surface area contributed by atoms with Gasteiger partial charge in [0.2, 0.25) is 0 Å². The topological polar surface area (TPSA) is 36.4 Å². The molecule has 0 radical (unpaired) electrons. The SMILES string of the molecule is CCN(CC)CCN(C(=O)c1ccccc1)c1nc2ccc(SC)cc2s1.Cl. The number of benzene rings is 2. The fourth-order valence-corrected chi connectivity index (χ4v) is 4.48. The zero-order chi connectivity index (χ0) is 19.2. The molecule has 0 fully saturated rings. The van der Waals surface area contributed by atoms with E-state index in [0.29, 0.717) is 12.1 Å². The molecule has 0 saturated carbocycles. The third-order valence-corrected chi connectivity index (χ3v) is 6.38. The number of thiazole rings is 1. The van der Waals surface area contributed by atoms with E-state index in [4.69, 9.17) is 4.98 Å². The van der Waals surface area contributed by atoms with Crippen molar-refractivity contribution in [3.63, 3.8) is 0 Å². The Bertz CT molecular complexity index is 897. The van der Waals surface area contributed by atoms with Gasteiger partial charge in [-0.1, -0.05) is 43.4 Å². The number of thioether (sulfide) groups is 1. The molecule has 4 nitrogen and oxygen atoms in total. The average molecular weight is 436 g/mol. The van der Waals surface area contributed by atoms with E-state index in [1.807, 2.05) is 41.3 Å². The normalized spacial score (nSPS) is 10.9. The van der Waals surface area contributed by atoms with Gasteiger partial charge in [-0.05, 0) is 49.7 Å². The van der Waals surface area contributed by atoms with Crippen molar-refractivity contribution in [1.29, 1.82) is 0 Å². The molecule has 150 valence electrons. The molecule has 1 heterocycles. The lowest BCUT2D eigenvalue weighted by Gasteiger charge is -2.24. The summed E-state index contributed by atoms with van der Waals surface area (Å²) >= 11 is 3.30. The van der Waals surface area contributed by atoms with Gasteiger partial charge in [0.25, 0.3) is 5.91 Å². The summed E-state index contributed by atoms with van der Waals surface area (Å²) in [6.07, 6.45) is 2.07. The summed E-state index contributed by atoms with van der Waals surface area (Å²) in [7, 11) is 0. The average Bonchev–Trinajstić information content (AvgIpc) is 3.14.